The van der Waals surface area contributed by atoms with Crippen molar-refractivity contribution >= 4 is 17.6 Å². The van der Waals surface area contributed by atoms with E-state index < -0.39 is 5.97 Å². The highest BCUT2D eigenvalue weighted by Crippen LogP contribution is 2.51. The van der Waals surface area contributed by atoms with E-state index in [9.17, 15) is 9.90 Å². The highest BCUT2D eigenvalue weighted by atomic mass is 35.5. The van der Waals surface area contributed by atoms with Gasteiger partial charge in [0.15, 0.2) is 11.5 Å². The quantitative estimate of drug-likeness (QED) is 0.804. The minimum Gasteiger partial charge on any atom is -0.493 e. The van der Waals surface area contributed by atoms with E-state index >= 15 is 0 Å². The molecule has 1 unspecified atom stereocenters. The molecule has 0 spiro atoms. The van der Waals surface area contributed by atoms with E-state index in [1.165, 1.54) is 0 Å². The molecule has 122 valence electrons. The number of hydrogen-bond acceptors (Lipinski definition) is 3. The second kappa shape index (κ2) is 6.78. The number of methoxy groups -OCH3 is 2. The van der Waals surface area contributed by atoms with Crippen molar-refractivity contribution in [1.82, 2.24) is 0 Å². The molecule has 0 heterocycles. The van der Waals surface area contributed by atoms with E-state index in [2.05, 4.69) is 13.8 Å². The van der Waals surface area contributed by atoms with Gasteiger partial charge in [0.1, 0.15) is 0 Å². The van der Waals surface area contributed by atoms with Crippen LogP contribution in [0.25, 0.3) is 0 Å². The SMILES string of the molecule is COc1cc(C(CC(=O)O)C2CC2)c(C(C)C)c(Cl)c1OC. The maximum Gasteiger partial charge on any atom is 0.303 e. The Labute approximate surface area is 136 Å². The summed E-state index contributed by atoms with van der Waals surface area (Å²) in [4.78, 5) is 11.3. The topological polar surface area (TPSA) is 55.8 Å². The van der Waals surface area contributed by atoms with Crippen LogP contribution in [-0.4, -0.2) is 25.3 Å². The van der Waals surface area contributed by atoms with Gasteiger partial charge in [-0.25, -0.2) is 0 Å². The van der Waals surface area contributed by atoms with Crippen LogP contribution in [-0.2, 0) is 4.79 Å². The molecule has 1 N–H and O–H groups in total. The lowest BCUT2D eigenvalue weighted by Crippen LogP contribution is -2.12. The largest absolute Gasteiger partial charge is 0.493 e. The summed E-state index contributed by atoms with van der Waals surface area (Å²) in [5.74, 6) is 0.870. The first-order valence-corrected chi connectivity index (χ1v) is 7.94. The van der Waals surface area contributed by atoms with Gasteiger partial charge >= 0.3 is 5.97 Å². The van der Waals surface area contributed by atoms with Gasteiger partial charge in [-0.2, -0.15) is 0 Å². The van der Waals surface area contributed by atoms with Crippen molar-refractivity contribution in [3.63, 3.8) is 0 Å². The number of rotatable bonds is 7. The predicted molar refractivity (Wildman–Crippen MR) is 86.4 cm³/mol. The molecule has 4 nitrogen and oxygen atoms in total. The first kappa shape index (κ1) is 16.9. The minimum absolute atomic E-state index is 0.0211. The summed E-state index contributed by atoms with van der Waals surface area (Å²) in [6.07, 6.45) is 2.26. The van der Waals surface area contributed by atoms with Crippen molar-refractivity contribution in [2.75, 3.05) is 14.2 Å². The predicted octanol–water partition coefficient (Wildman–Crippen LogP) is 4.45. The molecule has 0 saturated heterocycles. The number of hydrogen-bond donors (Lipinski definition) is 1. The maximum absolute atomic E-state index is 11.3. The monoisotopic (exact) mass is 326 g/mol. The van der Waals surface area contributed by atoms with Crippen LogP contribution in [0.1, 0.15) is 56.1 Å². The van der Waals surface area contributed by atoms with Crippen LogP contribution in [0.4, 0.5) is 0 Å². The fourth-order valence-electron chi connectivity index (χ4n) is 3.09. The summed E-state index contributed by atoms with van der Waals surface area (Å²) in [5.41, 5.74) is 1.96. The van der Waals surface area contributed by atoms with E-state index in [-0.39, 0.29) is 18.3 Å². The van der Waals surface area contributed by atoms with E-state index in [4.69, 9.17) is 21.1 Å². The average Bonchev–Trinajstić information content (AvgIpc) is 3.27. The number of ether oxygens (including phenoxy) is 2. The Bertz CT molecular complexity index is 564. The van der Waals surface area contributed by atoms with Crippen LogP contribution < -0.4 is 9.47 Å². The van der Waals surface area contributed by atoms with Crippen LogP contribution >= 0.6 is 11.6 Å². The first-order chi connectivity index (χ1) is 10.4. The third-order valence-electron chi connectivity index (χ3n) is 4.24. The minimum atomic E-state index is -0.780. The van der Waals surface area contributed by atoms with E-state index in [0.29, 0.717) is 22.4 Å². The molecule has 1 aliphatic rings. The molecule has 5 heteroatoms. The standard InChI is InChI=1S/C17H23ClO4/c1-9(2)15-12(11(8-14(19)20)10-5-6-10)7-13(21-3)17(22-4)16(15)18/h7,9-11H,5-6,8H2,1-4H3,(H,19,20). The summed E-state index contributed by atoms with van der Waals surface area (Å²) < 4.78 is 10.8. The highest BCUT2D eigenvalue weighted by Gasteiger charge is 2.37. The summed E-state index contributed by atoms with van der Waals surface area (Å²) in [5, 5.41) is 9.79. The summed E-state index contributed by atoms with van der Waals surface area (Å²) in [6.45, 7) is 4.11. The molecular weight excluding hydrogens is 304 g/mol. The molecule has 2 rings (SSSR count). The van der Waals surface area contributed by atoms with Crippen molar-refractivity contribution in [2.24, 2.45) is 5.92 Å². The lowest BCUT2D eigenvalue weighted by Gasteiger charge is -2.24. The second-order valence-corrected chi connectivity index (χ2v) is 6.50. The lowest BCUT2D eigenvalue weighted by molar-refractivity contribution is -0.137. The molecule has 0 aromatic heterocycles. The Kier molecular flexibility index (Phi) is 5.22. The van der Waals surface area contributed by atoms with Gasteiger partial charge in [0, 0.05) is 0 Å². The summed E-state index contributed by atoms with van der Waals surface area (Å²) >= 11 is 6.55. The molecular formula is C17H23ClO4. The summed E-state index contributed by atoms with van der Waals surface area (Å²) in [6, 6.07) is 1.91. The zero-order chi connectivity index (χ0) is 16.4. The Hall–Kier alpha value is -1.42. The van der Waals surface area contributed by atoms with E-state index in [0.717, 1.165) is 24.0 Å². The van der Waals surface area contributed by atoms with Crippen LogP contribution in [0.2, 0.25) is 5.02 Å². The van der Waals surface area contributed by atoms with Crippen molar-refractivity contribution in [1.29, 1.82) is 0 Å². The Balaban J connectivity index is 2.61. The third-order valence-corrected chi connectivity index (χ3v) is 4.62. The molecule has 1 saturated carbocycles. The second-order valence-electron chi connectivity index (χ2n) is 6.13. The zero-order valence-corrected chi connectivity index (χ0v) is 14.2. The maximum atomic E-state index is 11.3. The van der Waals surface area contributed by atoms with Crippen LogP contribution in [0, 0.1) is 5.92 Å². The van der Waals surface area contributed by atoms with Gasteiger partial charge < -0.3 is 14.6 Å². The Morgan fingerprint density at radius 1 is 1.36 bits per heavy atom. The normalized spacial score (nSPS) is 15.7. The number of carboxylic acid groups (broad SMARTS) is 1. The van der Waals surface area contributed by atoms with Crippen molar-refractivity contribution in [3.05, 3.63) is 22.2 Å². The van der Waals surface area contributed by atoms with Gasteiger partial charge in [-0.05, 0) is 47.8 Å². The number of benzene rings is 1. The fourth-order valence-corrected chi connectivity index (χ4v) is 3.59. The van der Waals surface area contributed by atoms with Crippen LogP contribution in [0.5, 0.6) is 11.5 Å². The molecule has 1 atom stereocenters. The molecule has 1 fully saturated rings. The van der Waals surface area contributed by atoms with E-state index in [1.54, 1.807) is 14.2 Å². The Morgan fingerprint density at radius 3 is 2.41 bits per heavy atom. The summed E-state index contributed by atoms with van der Waals surface area (Å²) in [7, 11) is 3.12. The Morgan fingerprint density at radius 2 is 2.00 bits per heavy atom. The molecule has 0 bridgehead atoms. The van der Waals surface area contributed by atoms with Gasteiger partial charge in [-0.15, -0.1) is 0 Å². The van der Waals surface area contributed by atoms with Gasteiger partial charge in [0.05, 0.1) is 25.7 Å². The number of aliphatic carboxylic acids is 1. The van der Waals surface area contributed by atoms with Crippen LogP contribution in [0.15, 0.2) is 6.07 Å². The molecule has 1 aromatic rings. The first-order valence-electron chi connectivity index (χ1n) is 7.56. The van der Waals surface area contributed by atoms with Crippen molar-refractivity contribution in [2.45, 2.75) is 44.9 Å². The fraction of sp³-hybridized carbons (Fsp3) is 0.588. The molecule has 0 aliphatic heterocycles. The molecule has 22 heavy (non-hydrogen) atoms. The zero-order valence-electron chi connectivity index (χ0n) is 13.5. The van der Waals surface area contributed by atoms with Gasteiger partial charge in [-0.3, -0.25) is 4.79 Å². The number of halogens is 1. The molecule has 1 aliphatic carbocycles. The smallest absolute Gasteiger partial charge is 0.303 e. The van der Waals surface area contributed by atoms with Crippen LogP contribution in [0.3, 0.4) is 0 Å². The van der Waals surface area contributed by atoms with Crippen molar-refractivity contribution in [3.8, 4) is 11.5 Å². The molecule has 1 aromatic carbocycles. The van der Waals surface area contributed by atoms with E-state index in [1.807, 2.05) is 6.07 Å². The van der Waals surface area contributed by atoms with Gasteiger partial charge in [-0.1, -0.05) is 25.4 Å². The van der Waals surface area contributed by atoms with Gasteiger partial charge in [0.25, 0.3) is 0 Å². The lowest BCUT2D eigenvalue weighted by atomic mass is 9.83. The highest BCUT2D eigenvalue weighted by molar-refractivity contribution is 6.33. The molecule has 0 amide bonds. The molecule has 0 radical (unpaired) electrons. The number of carboxylic acids is 1. The van der Waals surface area contributed by atoms with Crippen molar-refractivity contribution < 1.29 is 19.4 Å². The average molecular weight is 327 g/mol. The number of carbonyl (C=O) groups is 1. The third kappa shape index (κ3) is 3.32. The van der Waals surface area contributed by atoms with Gasteiger partial charge in [0.2, 0.25) is 0 Å².